The van der Waals surface area contributed by atoms with Crippen molar-refractivity contribution in [1.29, 1.82) is 0 Å². The Labute approximate surface area is 133 Å². The van der Waals surface area contributed by atoms with Crippen LogP contribution >= 0.6 is 0 Å². The maximum atomic E-state index is 4.44. The Kier molecular flexibility index (Phi) is 5.07. The fourth-order valence-electron chi connectivity index (χ4n) is 3.01. The molecule has 1 aliphatic heterocycles. The number of nitrogens with zero attached hydrogens (tertiary/aromatic N) is 2. The number of hydrogen-bond acceptors (Lipinski definition) is 3. The van der Waals surface area contributed by atoms with Crippen LogP contribution in [0, 0.1) is 0 Å². The van der Waals surface area contributed by atoms with Gasteiger partial charge in [0.25, 0.3) is 0 Å². The van der Waals surface area contributed by atoms with Gasteiger partial charge >= 0.3 is 0 Å². The minimum atomic E-state index is 0.616. The number of anilines is 1. The lowest BCUT2D eigenvalue weighted by molar-refractivity contribution is 0.413. The van der Waals surface area contributed by atoms with Crippen LogP contribution in [-0.2, 0) is 13.0 Å². The van der Waals surface area contributed by atoms with Gasteiger partial charge in [-0.3, -0.25) is 0 Å². The number of benzene rings is 1. The Bertz CT molecular complexity index is 557. The molecule has 0 spiro atoms. The quantitative estimate of drug-likeness (QED) is 0.916. The molecule has 3 rings (SSSR count). The van der Waals surface area contributed by atoms with Gasteiger partial charge < -0.3 is 10.2 Å². The van der Waals surface area contributed by atoms with E-state index in [9.17, 15) is 0 Å². The van der Waals surface area contributed by atoms with E-state index in [1.54, 1.807) is 0 Å². The molecule has 1 aromatic carbocycles. The summed E-state index contributed by atoms with van der Waals surface area (Å²) in [5.41, 5.74) is 2.79. The van der Waals surface area contributed by atoms with Crippen LogP contribution in [-0.4, -0.2) is 24.1 Å². The maximum Gasteiger partial charge on any atom is 0.128 e. The van der Waals surface area contributed by atoms with Gasteiger partial charge in [0.1, 0.15) is 5.82 Å². The highest BCUT2D eigenvalue weighted by Crippen LogP contribution is 2.17. The van der Waals surface area contributed by atoms with Gasteiger partial charge in [0, 0.05) is 31.9 Å². The molecule has 116 valence electrons. The van der Waals surface area contributed by atoms with Gasteiger partial charge in [0.05, 0.1) is 0 Å². The van der Waals surface area contributed by atoms with Crippen molar-refractivity contribution < 1.29 is 0 Å². The molecule has 1 aliphatic rings. The van der Waals surface area contributed by atoms with Crippen molar-refractivity contribution in [1.82, 2.24) is 10.3 Å². The van der Waals surface area contributed by atoms with E-state index in [1.165, 1.54) is 24.0 Å². The van der Waals surface area contributed by atoms with Gasteiger partial charge in [-0.15, -0.1) is 0 Å². The minimum absolute atomic E-state index is 0.616. The Morgan fingerprint density at radius 2 is 1.77 bits per heavy atom. The van der Waals surface area contributed by atoms with E-state index in [0.717, 1.165) is 31.9 Å². The normalized spacial score (nSPS) is 16.0. The molecule has 1 fully saturated rings. The maximum absolute atomic E-state index is 4.44. The van der Waals surface area contributed by atoms with E-state index >= 15 is 0 Å². The number of aromatic nitrogens is 1. The van der Waals surface area contributed by atoms with Gasteiger partial charge in [0.2, 0.25) is 0 Å². The molecule has 0 bridgehead atoms. The molecule has 22 heavy (non-hydrogen) atoms. The molecule has 1 N–H and O–H groups in total. The van der Waals surface area contributed by atoms with Gasteiger partial charge in [-0.1, -0.05) is 37.3 Å². The highest BCUT2D eigenvalue weighted by atomic mass is 15.2. The summed E-state index contributed by atoms with van der Waals surface area (Å²) >= 11 is 0. The molecular formula is C19H25N3. The van der Waals surface area contributed by atoms with Gasteiger partial charge in [-0.2, -0.15) is 0 Å². The Morgan fingerprint density at radius 3 is 2.41 bits per heavy atom. The van der Waals surface area contributed by atoms with E-state index in [-0.39, 0.29) is 0 Å². The first kappa shape index (κ1) is 15.0. The lowest BCUT2D eigenvalue weighted by Crippen LogP contribution is -2.42. The summed E-state index contributed by atoms with van der Waals surface area (Å²) in [6.07, 6.45) is 5.35. The van der Waals surface area contributed by atoms with Crippen LogP contribution in [0.1, 0.15) is 30.9 Å². The largest absolute Gasteiger partial charge is 0.357 e. The predicted molar refractivity (Wildman–Crippen MR) is 92.1 cm³/mol. The summed E-state index contributed by atoms with van der Waals surface area (Å²) in [6.45, 7) is 5.34. The van der Waals surface area contributed by atoms with E-state index in [1.807, 2.05) is 12.3 Å². The summed E-state index contributed by atoms with van der Waals surface area (Å²) in [5.74, 6) is 1.11. The Hall–Kier alpha value is -1.87. The van der Waals surface area contributed by atoms with Crippen molar-refractivity contribution in [3.8, 4) is 0 Å². The van der Waals surface area contributed by atoms with Crippen molar-refractivity contribution in [3.05, 3.63) is 59.8 Å². The average molecular weight is 295 g/mol. The fourth-order valence-corrected chi connectivity index (χ4v) is 3.01. The average Bonchev–Trinajstić information content (AvgIpc) is 2.61. The SMILES string of the molecule is CCc1ccc(CNC2CCN(c3ccccn3)CC2)cc1. The van der Waals surface area contributed by atoms with Crippen LogP contribution in [0.15, 0.2) is 48.7 Å². The first-order valence-electron chi connectivity index (χ1n) is 8.32. The third kappa shape index (κ3) is 3.86. The molecule has 2 aromatic rings. The number of pyridine rings is 1. The second-order valence-corrected chi connectivity index (χ2v) is 6.00. The molecule has 0 atom stereocenters. The molecule has 3 nitrogen and oxygen atoms in total. The number of aryl methyl sites for hydroxylation is 1. The van der Waals surface area contributed by atoms with Gasteiger partial charge in [-0.05, 0) is 42.5 Å². The minimum Gasteiger partial charge on any atom is -0.357 e. The zero-order valence-corrected chi connectivity index (χ0v) is 13.3. The second-order valence-electron chi connectivity index (χ2n) is 6.00. The molecule has 1 saturated heterocycles. The molecule has 0 radical (unpaired) electrons. The highest BCUT2D eigenvalue weighted by Gasteiger charge is 2.19. The predicted octanol–water partition coefficient (Wildman–Crippen LogP) is 3.40. The molecular weight excluding hydrogens is 270 g/mol. The number of nitrogens with one attached hydrogen (secondary N) is 1. The zero-order chi connectivity index (χ0) is 15.2. The summed E-state index contributed by atoms with van der Waals surface area (Å²) in [4.78, 5) is 6.83. The van der Waals surface area contributed by atoms with Crippen LogP contribution in [0.4, 0.5) is 5.82 Å². The number of rotatable bonds is 5. The molecule has 0 saturated carbocycles. The number of hydrogen-bond donors (Lipinski definition) is 1. The van der Waals surface area contributed by atoms with Crippen molar-refractivity contribution in [2.75, 3.05) is 18.0 Å². The van der Waals surface area contributed by atoms with Crippen LogP contribution in [0.3, 0.4) is 0 Å². The van der Waals surface area contributed by atoms with Crippen molar-refractivity contribution >= 4 is 5.82 Å². The third-order valence-corrected chi connectivity index (χ3v) is 4.49. The first-order valence-corrected chi connectivity index (χ1v) is 8.32. The Balaban J connectivity index is 1.45. The van der Waals surface area contributed by atoms with E-state index in [0.29, 0.717) is 6.04 Å². The summed E-state index contributed by atoms with van der Waals surface area (Å²) in [5, 5.41) is 3.70. The first-order chi connectivity index (χ1) is 10.8. The van der Waals surface area contributed by atoms with Gasteiger partial charge in [-0.25, -0.2) is 4.98 Å². The van der Waals surface area contributed by atoms with Crippen LogP contribution in [0.2, 0.25) is 0 Å². The fraction of sp³-hybridized carbons (Fsp3) is 0.421. The summed E-state index contributed by atoms with van der Waals surface area (Å²) in [7, 11) is 0. The second kappa shape index (κ2) is 7.41. The zero-order valence-electron chi connectivity index (χ0n) is 13.3. The molecule has 0 unspecified atom stereocenters. The van der Waals surface area contributed by atoms with Crippen LogP contribution in [0.25, 0.3) is 0 Å². The van der Waals surface area contributed by atoms with E-state index in [4.69, 9.17) is 0 Å². The molecule has 0 aliphatic carbocycles. The lowest BCUT2D eigenvalue weighted by atomic mass is 10.0. The smallest absolute Gasteiger partial charge is 0.128 e. The molecule has 1 aromatic heterocycles. The van der Waals surface area contributed by atoms with Crippen molar-refractivity contribution in [3.63, 3.8) is 0 Å². The third-order valence-electron chi connectivity index (χ3n) is 4.49. The topological polar surface area (TPSA) is 28.2 Å². The molecule has 2 heterocycles. The highest BCUT2D eigenvalue weighted by molar-refractivity contribution is 5.38. The van der Waals surface area contributed by atoms with E-state index < -0.39 is 0 Å². The van der Waals surface area contributed by atoms with Crippen molar-refractivity contribution in [2.45, 2.75) is 38.8 Å². The van der Waals surface area contributed by atoms with E-state index in [2.05, 4.69) is 58.5 Å². The van der Waals surface area contributed by atoms with Gasteiger partial charge in [0.15, 0.2) is 0 Å². The molecule has 0 amide bonds. The summed E-state index contributed by atoms with van der Waals surface area (Å²) in [6, 6.07) is 15.7. The van der Waals surface area contributed by atoms with Crippen LogP contribution < -0.4 is 10.2 Å². The summed E-state index contributed by atoms with van der Waals surface area (Å²) < 4.78 is 0. The van der Waals surface area contributed by atoms with Crippen molar-refractivity contribution in [2.24, 2.45) is 0 Å². The lowest BCUT2D eigenvalue weighted by Gasteiger charge is -2.33. The Morgan fingerprint density at radius 1 is 1.05 bits per heavy atom. The monoisotopic (exact) mass is 295 g/mol. The standard InChI is InChI=1S/C19H25N3/c1-2-16-6-8-17(9-7-16)15-21-18-10-13-22(14-11-18)19-5-3-4-12-20-19/h3-9,12,18,21H,2,10-11,13-15H2,1H3. The molecule has 3 heteroatoms. The van der Waals surface area contributed by atoms with Crippen LogP contribution in [0.5, 0.6) is 0 Å². The number of piperidine rings is 1.